The Morgan fingerprint density at radius 3 is 1.33 bits per heavy atom. The van der Waals surface area contributed by atoms with Crippen LogP contribution in [0.3, 0.4) is 0 Å². The zero-order valence-corrected chi connectivity index (χ0v) is 21.2. The van der Waals surface area contributed by atoms with Crippen LogP contribution in [0.25, 0.3) is 0 Å². The summed E-state index contributed by atoms with van der Waals surface area (Å²) in [5.41, 5.74) is 0. The Kier molecular flexibility index (Phi) is 9.39. The molecule has 0 radical (unpaired) electrons. The summed E-state index contributed by atoms with van der Waals surface area (Å²) in [4.78, 5) is -4.09. The molecular weight excluding hydrogens is 729 g/mol. The van der Waals surface area contributed by atoms with Gasteiger partial charge in [0.1, 0.15) is 9.79 Å². The minimum Gasteiger partial charge on any atom is -0.282 e. The highest BCUT2D eigenvalue weighted by Gasteiger charge is 2.90. The molecule has 0 bridgehead atoms. The number of benzene rings is 1. The monoisotopic (exact) mass is 735 g/mol. The third-order valence-corrected chi connectivity index (χ3v) is 9.15. The first kappa shape index (κ1) is 38.8. The molecule has 0 saturated heterocycles. The molecule has 0 fully saturated rings. The summed E-state index contributed by atoms with van der Waals surface area (Å²) < 4.78 is 305. The average Bonchev–Trinajstić information content (AvgIpc) is 2.75. The predicted molar refractivity (Wildman–Crippen MR) is 97.3 cm³/mol. The fourth-order valence-corrected chi connectivity index (χ4v) is 6.59. The second-order valence-corrected chi connectivity index (χ2v) is 12.5. The van der Waals surface area contributed by atoms with Crippen LogP contribution in [0.15, 0.2) is 34.1 Å². The quantitative estimate of drug-likeness (QED) is 0.251. The van der Waals surface area contributed by atoms with Crippen LogP contribution >= 0.6 is 0 Å². The summed E-state index contributed by atoms with van der Waals surface area (Å²) in [6, 6.07) is 0.925. The lowest BCUT2D eigenvalue weighted by Gasteiger charge is -2.41. The van der Waals surface area contributed by atoms with Gasteiger partial charge in [-0.1, -0.05) is 16.3 Å². The highest BCUT2D eigenvalue weighted by molar-refractivity contribution is 8.05. The van der Waals surface area contributed by atoms with Crippen LogP contribution in [0.1, 0.15) is 0 Å². The van der Waals surface area contributed by atoms with Crippen molar-refractivity contribution in [3.8, 4) is 0 Å². The topological polar surface area (TPSA) is 144 Å². The Morgan fingerprint density at radius 1 is 0.581 bits per heavy atom. The average molecular weight is 735 g/mol. The van der Waals surface area contributed by atoms with Gasteiger partial charge in [-0.2, -0.15) is 83.1 Å². The Bertz CT molecular complexity index is 1550. The summed E-state index contributed by atoms with van der Waals surface area (Å²) in [5, 5.41) is -8.12. The normalized spacial score (nSPS) is 17.1. The lowest BCUT2D eigenvalue weighted by atomic mass is 10.1. The van der Waals surface area contributed by atoms with Gasteiger partial charge in [0, 0.05) is 0 Å². The van der Waals surface area contributed by atoms with Crippen LogP contribution in [0.5, 0.6) is 0 Å². The zero-order chi connectivity index (χ0) is 34.9. The van der Waals surface area contributed by atoms with Gasteiger partial charge in [-0.3, -0.25) is 9.29 Å². The molecule has 252 valence electrons. The number of hydrogen-bond donors (Lipinski definition) is 2. The van der Waals surface area contributed by atoms with E-state index in [1.54, 1.807) is 0 Å². The largest absolute Gasteiger partial charge is 0.459 e. The van der Waals surface area contributed by atoms with Crippen molar-refractivity contribution in [2.75, 3.05) is 0 Å². The van der Waals surface area contributed by atoms with Crippen molar-refractivity contribution in [2.24, 2.45) is 0 Å². The SMILES string of the molecule is O=S(=O)(O)c1ccccc1S(=O)(=O)NS(=O)(=O)C(F)(F)C(F)(F)C(F)(F)C(F)(F)OC(F)(C(F)(F)F)C(F)(F)C(F)(F)F. The Hall–Kier alpha value is -2.24. The third kappa shape index (κ3) is 6.18. The Labute approximate surface area is 225 Å². The predicted octanol–water partition coefficient (Wildman–Crippen LogP) is 4.44. The Morgan fingerprint density at radius 2 is 0.977 bits per heavy atom. The maximum absolute atomic E-state index is 14.1. The van der Waals surface area contributed by atoms with Crippen molar-refractivity contribution in [3.05, 3.63) is 24.3 Å². The first-order valence-corrected chi connectivity index (χ1v) is 13.6. The fourth-order valence-electron chi connectivity index (χ4n) is 2.38. The van der Waals surface area contributed by atoms with Gasteiger partial charge in [0.25, 0.3) is 30.2 Å². The van der Waals surface area contributed by atoms with E-state index in [-0.39, 0.29) is 12.1 Å². The van der Waals surface area contributed by atoms with Crippen LogP contribution in [-0.2, 0) is 34.9 Å². The molecular formula is C14H6F17NO8S3. The van der Waals surface area contributed by atoms with Crippen molar-refractivity contribution in [3.63, 3.8) is 0 Å². The molecule has 1 aromatic carbocycles. The van der Waals surface area contributed by atoms with E-state index in [0.29, 0.717) is 12.1 Å². The van der Waals surface area contributed by atoms with Gasteiger partial charge in [0.15, 0.2) is 0 Å². The fraction of sp³-hybridized carbons (Fsp3) is 0.571. The molecule has 1 aromatic rings. The highest BCUT2D eigenvalue weighted by atomic mass is 32.3. The zero-order valence-electron chi connectivity index (χ0n) is 18.8. The number of nitrogens with one attached hydrogen (secondary N) is 1. The summed E-state index contributed by atoms with van der Waals surface area (Å²) in [7, 11) is -20.7. The van der Waals surface area contributed by atoms with Gasteiger partial charge >= 0.3 is 47.3 Å². The molecule has 0 aromatic heterocycles. The van der Waals surface area contributed by atoms with Crippen molar-refractivity contribution >= 4 is 30.2 Å². The minimum absolute atomic E-state index is 0.0654. The van der Waals surface area contributed by atoms with Gasteiger partial charge in [-0.25, -0.2) is 16.8 Å². The second-order valence-electron chi connectivity index (χ2n) is 7.46. The molecule has 1 atom stereocenters. The first-order valence-electron chi connectivity index (χ1n) is 9.15. The molecule has 0 saturated carbocycles. The molecule has 29 heteroatoms. The summed E-state index contributed by atoms with van der Waals surface area (Å²) in [5.74, 6) is -34.3. The van der Waals surface area contributed by atoms with Gasteiger partial charge in [-0.15, -0.1) is 0 Å². The minimum atomic E-state index is -8.77. The molecule has 0 spiro atoms. The van der Waals surface area contributed by atoms with Crippen LogP contribution in [0.2, 0.25) is 0 Å². The summed E-state index contributed by atoms with van der Waals surface area (Å²) in [6.07, 6.45) is -24.8. The molecule has 0 aliphatic carbocycles. The maximum atomic E-state index is 14.1. The van der Waals surface area contributed by atoms with Crippen molar-refractivity contribution in [2.45, 2.75) is 57.1 Å². The molecule has 1 rings (SSSR count). The highest BCUT2D eigenvalue weighted by Crippen LogP contribution is 2.60. The molecule has 1 unspecified atom stereocenters. The molecule has 9 nitrogen and oxygen atoms in total. The van der Waals surface area contributed by atoms with Gasteiger partial charge in [-0.05, 0) is 12.1 Å². The summed E-state index contributed by atoms with van der Waals surface area (Å²) >= 11 is 0. The van der Waals surface area contributed by atoms with Crippen molar-refractivity contribution in [1.29, 1.82) is 0 Å². The van der Waals surface area contributed by atoms with Crippen LogP contribution in [-0.4, -0.2) is 77.1 Å². The number of alkyl halides is 17. The molecule has 43 heavy (non-hydrogen) atoms. The van der Waals surface area contributed by atoms with Crippen LogP contribution in [0, 0.1) is 0 Å². The van der Waals surface area contributed by atoms with Crippen molar-refractivity contribution in [1.82, 2.24) is 4.13 Å². The van der Waals surface area contributed by atoms with E-state index in [0.717, 1.165) is 4.74 Å². The van der Waals surface area contributed by atoms with Gasteiger partial charge in [0.05, 0.1) is 0 Å². The second kappa shape index (κ2) is 10.4. The van der Waals surface area contributed by atoms with E-state index in [1.165, 1.54) is 0 Å². The van der Waals surface area contributed by atoms with E-state index >= 15 is 0 Å². The van der Waals surface area contributed by atoms with Crippen LogP contribution in [0.4, 0.5) is 74.6 Å². The number of sulfonamides is 2. The lowest BCUT2D eigenvalue weighted by molar-refractivity contribution is -0.524. The standard InChI is InChI=1S/C14H6F17NO8S3/c15-7(16,13(28,29)40-10(21,12(25,26)27)9(19,20)11(22,23)24)8(17,18)14(30,31)43(38,39)32-41(33,34)5-3-1-2-4-6(5)42(35,36)37/h1-4,32H,(H,35,36,37). The van der Waals surface area contributed by atoms with E-state index in [2.05, 4.69) is 0 Å². The maximum Gasteiger partial charge on any atom is 0.459 e. The van der Waals surface area contributed by atoms with E-state index in [9.17, 15) is 99.9 Å². The van der Waals surface area contributed by atoms with Gasteiger partial charge < -0.3 is 0 Å². The molecule has 0 heterocycles. The molecule has 2 N–H and O–H groups in total. The van der Waals surface area contributed by atoms with E-state index in [4.69, 9.17) is 4.55 Å². The molecule has 0 amide bonds. The van der Waals surface area contributed by atoms with Crippen molar-refractivity contribution < 1.29 is 109 Å². The van der Waals surface area contributed by atoms with E-state index in [1.807, 2.05) is 0 Å². The summed E-state index contributed by atoms with van der Waals surface area (Å²) in [6.45, 7) is 0. The van der Waals surface area contributed by atoms with Gasteiger partial charge in [0.2, 0.25) is 0 Å². The molecule has 0 aliphatic rings. The first-order chi connectivity index (χ1) is 18.4. The van der Waals surface area contributed by atoms with E-state index < -0.39 is 91.4 Å². The number of halogens is 17. The Balaban J connectivity index is 3.79. The number of rotatable bonds is 11. The lowest BCUT2D eigenvalue weighted by Crippen LogP contribution is -2.71. The smallest absolute Gasteiger partial charge is 0.282 e. The third-order valence-electron chi connectivity index (χ3n) is 4.49. The number of ether oxygens (including phenoxy) is 1. The van der Waals surface area contributed by atoms with Crippen LogP contribution < -0.4 is 4.13 Å². The number of hydrogen-bond acceptors (Lipinski definition) is 7. The molecule has 0 aliphatic heterocycles.